The molecule has 6 nitrogen and oxygen atoms in total. The summed E-state index contributed by atoms with van der Waals surface area (Å²) < 4.78 is 6.65. The first kappa shape index (κ1) is 14.3. The molecule has 0 radical (unpaired) electrons. The smallest absolute Gasteiger partial charge is 0.488 e. The second-order valence-corrected chi connectivity index (χ2v) is 4.44. The van der Waals surface area contributed by atoms with E-state index in [1.807, 2.05) is 0 Å². The van der Waals surface area contributed by atoms with Gasteiger partial charge in [-0.3, -0.25) is 9.36 Å². The molecule has 0 aliphatic rings. The highest BCUT2D eigenvalue weighted by Gasteiger charge is 2.14. The highest BCUT2D eigenvalue weighted by Crippen LogP contribution is 2.17. The molecule has 0 spiro atoms. The van der Waals surface area contributed by atoms with Crippen LogP contribution in [-0.2, 0) is 6.54 Å². The monoisotopic (exact) mass is 274 g/mol. The van der Waals surface area contributed by atoms with Crippen molar-refractivity contribution >= 4 is 12.6 Å². The molecule has 2 N–H and O–H groups in total. The SMILES string of the molecule is COc1ccc(B(O)O)cc1Cn1cnc(C)cc1=O. The van der Waals surface area contributed by atoms with Crippen LogP contribution < -0.4 is 15.8 Å². The van der Waals surface area contributed by atoms with Crippen LogP contribution in [0, 0.1) is 6.92 Å². The lowest BCUT2D eigenvalue weighted by atomic mass is 9.79. The van der Waals surface area contributed by atoms with E-state index in [2.05, 4.69) is 4.98 Å². The van der Waals surface area contributed by atoms with E-state index in [-0.39, 0.29) is 12.1 Å². The number of hydrogen-bond donors (Lipinski definition) is 2. The Balaban J connectivity index is 2.40. The number of methoxy groups -OCH3 is 1. The number of ether oxygens (including phenoxy) is 1. The molecule has 1 heterocycles. The lowest BCUT2D eigenvalue weighted by Gasteiger charge is -2.12. The Kier molecular flexibility index (Phi) is 4.21. The maximum absolute atomic E-state index is 11.8. The quantitative estimate of drug-likeness (QED) is 0.719. The van der Waals surface area contributed by atoms with Crippen LogP contribution in [0.5, 0.6) is 5.75 Å². The molecule has 2 aromatic rings. The summed E-state index contributed by atoms with van der Waals surface area (Å²) in [4.78, 5) is 15.9. The van der Waals surface area contributed by atoms with Crippen molar-refractivity contribution in [3.05, 3.63) is 52.2 Å². The largest absolute Gasteiger partial charge is 0.496 e. The van der Waals surface area contributed by atoms with Gasteiger partial charge in [-0.25, -0.2) is 4.98 Å². The van der Waals surface area contributed by atoms with E-state index < -0.39 is 7.12 Å². The summed E-state index contributed by atoms with van der Waals surface area (Å²) in [6, 6.07) is 6.23. The van der Waals surface area contributed by atoms with Crippen molar-refractivity contribution in [1.29, 1.82) is 0 Å². The minimum Gasteiger partial charge on any atom is -0.496 e. The number of rotatable bonds is 4. The Labute approximate surface area is 116 Å². The third-order valence-electron chi connectivity index (χ3n) is 2.96. The number of aromatic nitrogens is 2. The molecule has 7 heteroatoms. The second-order valence-electron chi connectivity index (χ2n) is 4.44. The highest BCUT2D eigenvalue weighted by molar-refractivity contribution is 6.58. The molecule has 0 saturated carbocycles. The molecular formula is C13H15BN2O4. The Bertz CT molecular complexity index is 670. The minimum atomic E-state index is -1.56. The van der Waals surface area contributed by atoms with E-state index in [1.54, 1.807) is 25.1 Å². The summed E-state index contributed by atoms with van der Waals surface area (Å²) in [6.45, 7) is 1.99. The Hall–Kier alpha value is -2.12. The molecule has 1 aromatic heterocycles. The fraction of sp³-hybridized carbons (Fsp3) is 0.231. The predicted octanol–water partition coefficient (Wildman–Crippen LogP) is -0.712. The maximum atomic E-state index is 11.8. The van der Waals surface area contributed by atoms with Crippen molar-refractivity contribution in [3.8, 4) is 5.75 Å². The first-order chi connectivity index (χ1) is 9.51. The molecular weight excluding hydrogens is 259 g/mol. The molecule has 0 aliphatic carbocycles. The van der Waals surface area contributed by atoms with Crippen LogP contribution in [0.1, 0.15) is 11.3 Å². The molecule has 0 atom stereocenters. The van der Waals surface area contributed by atoms with Gasteiger partial charge in [0.05, 0.1) is 20.0 Å². The number of nitrogens with zero attached hydrogens (tertiary/aromatic N) is 2. The van der Waals surface area contributed by atoms with Gasteiger partial charge in [0.15, 0.2) is 0 Å². The van der Waals surface area contributed by atoms with Crippen LogP contribution in [0.3, 0.4) is 0 Å². The Morgan fingerprint density at radius 3 is 2.70 bits per heavy atom. The number of hydrogen-bond acceptors (Lipinski definition) is 5. The van der Waals surface area contributed by atoms with Crippen LogP contribution in [0.2, 0.25) is 0 Å². The molecule has 1 aromatic carbocycles. The lowest BCUT2D eigenvalue weighted by Crippen LogP contribution is -2.30. The van der Waals surface area contributed by atoms with E-state index in [9.17, 15) is 14.8 Å². The van der Waals surface area contributed by atoms with Gasteiger partial charge in [-0.05, 0) is 18.5 Å². The first-order valence-corrected chi connectivity index (χ1v) is 6.07. The van der Waals surface area contributed by atoms with Gasteiger partial charge in [-0.1, -0.05) is 12.1 Å². The summed E-state index contributed by atoms with van der Waals surface area (Å²) in [6.07, 6.45) is 1.46. The highest BCUT2D eigenvalue weighted by atomic mass is 16.5. The van der Waals surface area contributed by atoms with Crippen LogP contribution in [-0.4, -0.2) is 33.8 Å². The van der Waals surface area contributed by atoms with Gasteiger partial charge in [-0.15, -0.1) is 0 Å². The van der Waals surface area contributed by atoms with Crippen molar-refractivity contribution in [2.75, 3.05) is 7.11 Å². The van der Waals surface area contributed by atoms with Gasteiger partial charge in [0, 0.05) is 17.3 Å². The van der Waals surface area contributed by atoms with Crippen LogP contribution in [0.25, 0.3) is 0 Å². The molecule has 0 aliphatic heterocycles. The summed E-state index contributed by atoms with van der Waals surface area (Å²) in [5.74, 6) is 0.571. The van der Waals surface area contributed by atoms with Crippen molar-refractivity contribution in [3.63, 3.8) is 0 Å². The van der Waals surface area contributed by atoms with Crippen molar-refractivity contribution in [2.24, 2.45) is 0 Å². The fourth-order valence-corrected chi connectivity index (χ4v) is 1.90. The third-order valence-corrected chi connectivity index (χ3v) is 2.96. The number of benzene rings is 1. The van der Waals surface area contributed by atoms with Crippen LogP contribution in [0.15, 0.2) is 35.4 Å². The average molecular weight is 274 g/mol. The van der Waals surface area contributed by atoms with E-state index in [1.165, 1.54) is 24.1 Å². The maximum Gasteiger partial charge on any atom is 0.488 e. The first-order valence-electron chi connectivity index (χ1n) is 6.07. The second kappa shape index (κ2) is 5.89. The average Bonchev–Trinajstić information content (AvgIpc) is 2.41. The topological polar surface area (TPSA) is 84.6 Å². The standard InChI is InChI=1S/C13H15BN2O4/c1-9-5-13(17)16(8-15-9)7-10-6-11(14(18)19)3-4-12(10)20-2/h3-6,8,18-19H,7H2,1-2H3. The van der Waals surface area contributed by atoms with Gasteiger partial charge in [0.25, 0.3) is 5.56 Å². The summed E-state index contributed by atoms with van der Waals surface area (Å²) >= 11 is 0. The Morgan fingerprint density at radius 2 is 2.10 bits per heavy atom. The van der Waals surface area contributed by atoms with E-state index in [0.29, 0.717) is 22.5 Å². The molecule has 0 fully saturated rings. The predicted molar refractivity (Wildman–Crippen MR) is 75.2 cm³/mol. The summed E-state index contributed by atoms with van der Waals surface area (Å²) in [7, 11) is -0.0446. The van der Waals surface area contributed by atoms with E-state index >= 15 is 0 Å². The minimum absolute atomic E-state index is 0.172. The van der Waals surface area contributed by atoms with Crippen molar-refractivity contribution in [1.82, 2.24) is 9.55 Å². The normalized spacial score (nSPS) is 10.4. The Morgan fingerprint density at radius 1 is 1.35 bits per heavy atom. The number of aryl methyl sites for hydroxylation is 1. The summed E-state index contributed by atoms with van der Waals surface area (Å²) in [5, 5.41) is 18.4. The summed E-state index contributed by atoms with van der Waals surface area (Å²) in [5.41, 5.74) is 1.49. The van der Waals surface area contributed by atoms with Gasteiger partial charge in [0.1, 0.15) is 5.75 Å². The van der Waals surface area contributed by atoms with E-state index in [0.717, 1.165) is 0 Å². The molecule has 0 amide bonds. The van der Waals surface area contributed by atoms with Crippen LogP contribution >= 0.6 is 0 Å². The molecule has 0 unspecified atom stereocenters. The van der Waals surface area contributed by atoms with Crippen molar-refractivity contribution < 1.29 is 14.8 Å². The third kappa shape index (κ3) is 3.07. The van der Waals surface area contributed by atoms with E-state index in [4.69, 9.17) is 4.74 Å². The molecule has 0 saturated heterocycles. The van der Waals surface area contributed by atoms with Gasteiger partial charge < -0.3 is 14.8 Å². The lowest BCUT2D eigenvalue weighted by molar-refractivity contribution is 0.407. The van der Waals surface area contributed by atoms with Crippen LogP contribution in [0.4, 0.5) is 0 Å². The zero-order chi connectivity index (χ0) is 14.7. The van der Waals surface area contributed by atoms with Gasteiger partial charge in [0.2, 0.25) is 0 Å². The zero-order valence-corrected chi connectivity index (χ0v) is 11.3. The molecule has 0 bridgehead atoms. The molecule has 2 rings (SSSR count). The zero-order valence-electron chi connectivity index (χ0n) is 11.3. The molecule has 20 heavy (non-hydrogen) atoms. The van der Waals surface area contributed by atoms with Gasteiger partial charge >= 0.3 is 7.12 Å². The van der Waals surface area contributed by atoms with Gasteiger partial charge in [-0.2, -0.15) is 0 Å². The molecule has 104 valence electrons. The van der Waals surface area contributed by atoms with Crippen molar-refractivity contribution in [2.45, 2.75) is 13.5 Å². The fourth-order valence-electron chi connectivity index (χ4n) is 1.90.